The molecule has 0 aliphatic carbocycles. The van der Waals surface area contributed by atoms with Crippen LogP contribution < -0.4 is 5.43 Å². The van der Waals surface area contributed by atoms with Crippen LogP contribution in [0.3, 0.4) is 0 Å². The van der Waals surface area contributed by atoms with Gasteiger partial charge in [-0.3, -0.25) is 14.9 Å². The largest absolute Gasteiger partial charge is 0.318 e. The first kappa shape index (κ1) is 19.5. The van der Waals surface area contributed by atoms with Crippen LogP contribution >= 0.6 is 15.9 Å². The van der Waals surface area contributed by atoms with E-state index in [1.165, 1.54) is 24.3 Å². The number of hydrazone groups is 1. The lowest BCUT2D eigenvalue weighted by atomic mass is 10.2. The molecular formula is C20H17BrN4O3. The van der Waals surface area contributed by atoms with Gasteiger partial charge in [-0.25, -0.2) is 5.43 Å². The molecule has 8 heteroatoms. The summed E-state index contributed by atoms with van der Waals surface area (Å²) in [5.74, 6) is -0.513. The van der Waals surface area contributed by atoms with Gasteiger partial charge >= 0.3 is 0 Å². The highest BCUT2D eigenvalue weighted by Crippen LogP contribution is 2.22. The van der Waals surface area contributed by atoms with Gasteiger partial charge in [0.05, 0.1) is 11.1 Å². The standard InChI is InChI=1S/C20H17BrN4O3/c1-13-9-16(14(2)24(13)18-7-4-6-17(21)11-18)12-22-23-20(26)15-5-3-8-19(10-15)25(27)28/h3-12H,1-2H3,(H,23,26)/b22-12-. The second-order valence-corrected chi connectivity index (χ2v) is 7.06. The van der Waals surface area contributed by atoms with Gasteiger partial charge in [0.25, 0.3) is 11.6 Å². The molecule has 0 spiro atoms. The molecule has 0 atom stereocenters. The minimum Gasteiger partial charge on any atom is -0.318 e. The highest BCUT2D eigenvalue weighted by molar-refractivity contribution is 9.10. The predicted molar refractivity (Wildman–Crippen MR) is 111 cm³/mol. The average molecular weight is 441 g/mol. The van der Waals surface area contributed by atoms with Gasteiger partial charge in [0, 0.05) is 44.8 Å². The van der Waals surface area contributed by atoms with Gasteiger partial charge in [0.2, 0.25) is 0 Å². The molecule has 2 aromatic carbocycles. The predicted octanol–water partition coefficient (Wildman–Crippen LogP) is 4.53. The summed E-state index contributed by atoms with van der Waals surface area (Å²) in [4.78, 5) is 22.4. The van der Waals surface area contributed by atoms with Gasteiger partial charge in [-0.05, 0) is 44.2 Å². The van der Waals surface area contributed by atoms with Crippen molar-refractivity contribution in [2.45, 2.75) is 13.8 Å². The fourth-order valence-corrected chi connectivity index (χ4v) is 3.30. The van der Waals surface area contributed by atoms with Crippen molar-refractivity contribution in [2.24, 2.45) is 5.10 Å². The summed E-state index contributed by atoms with van der Waals surface area (Å²) in [7, 11) is 0. The molecule has 0 aliphatic heterocycles. The monoisotopic (exact) mass is 440 g/mol. The minimum absolute atomic E-state index is 0.144. The van der Waals surface area contributed by atoms with Crippen molar-refractivity contribution in [3.8, 4) is 5.69 Å². The molecule has 1 heterocycles. The normalized spacial score (nSPS) is 11.0. The lowest BCUT2D eigenvalue weighted by Gasteiger charge is -2.09. The number of nitro benzene ring substituents is 1. The number of amides is 1. The van der Waals surface area contributed by atoms with Crippen molar-refractivity contribution in [2.75, 3.05) is 0 Å². The van der Waals surface area contributed by atoms with Gasteiger partial charge in [-0.2, -0.15) is 5.10 Å². The second-order valence-electron chi connectivity index (χ2n) is 6.15. The minimum atomic E-state index is -0.545. The number of non-ortho nitro benzene ring substituents is 1. The number of hydrogen-bond donors (Lipinski definition) is 1. The topological polar surface area (TPSA) is 89.5 Å². The summed E-state index contributed by atoms with van der Waals surface area (Å²) in [5, 5.41) is 14.8. The molecule has 0 radical (unpaired) electrons. The van der Waals surface area contributed by atoms with E-state index in [0.717, 1.165) is 27.1 Å². The number of halogens is 1. The van der Waals surface area contributed by atoms with Gasteiger partial charge in [0.1, 0.15) is 0 Å². The van der Waals surface area contributed by atoms with Crippen LogP contribution in [0.4, 0.5) is 5.69 Å². The third kappa shape index (κ3) is 4.17. The quantitative estimate of drug-likeness (QED) is 0.359. The first-order valence-electron chi connectivity index (χ1n) is 8.39. The van der Waals surface area contributed by atoms with Crippen molar-refractivity contribution in [1.82, 2.24) is 9.99 Å². The number of nitro groups is 1. The number of carbonyl (C=O) groups excluding carboxylic acids is 1. The van der Waals surface area contributed by atoms with Crippen molar-refractivity contribution < 1.29 is 9.72 Å². The molecule has 1 aromatic heterocycles. The zero-order valence-corrected chi connectivity index (χ0v) is 16.8. The maximum atomic E-state index is 12.2. The maximum absolute atomic E-state index is 12.2. The van der Waals surface area contributed by atoms with Crippen LogP contribution in [0.1, 0.15) is 27.3 Å². The van der Waals surface area contributed by atoms with E-state index in [-0.39, 0.29) is 11.3 Å². The Morgan fingerprint density at radius 3 is 2.64 bits per heavy atom. The Labute approximate surface area is 170 Å². The summed E-state index contributed by atoms with van der Waals surface area (Å²) in [6.45, 7) is 3.96. The lowest BCUT2D eigenvalue weighted by Crippen LogP contribution is -2.17. The Morgan fingerprint density at radius 1 is 1.18 bits per heavy atom. The van der Waals surface area contributed by atoms with Crippen LogP contribution in [-0.4, -0.2) is 21.6 Å². The Kier molecular flexibility index (Phi) is 5.70. The second kappa shape index (κ2) is 8.18. The number of hydrogen-bond acceptors (Lipinski definition) is 4. The Hall–Kier alpha value is -3.26. The van der Waals surface area contributed by atoms with Crippen LogP contribution in [-0.2, 0) is 0 Å². The number of aryl methyl sites for hydroxylation is 1. The first-order valence-corrected chi connectivity index (χ1v) is 9.19. The molecule has 0 saturated heterocycles. The van der Waals surface area contributed by atoms with Crippen LogP contribution in [0.2, 0.25) is 0 Å². The van der Waals surface area contributed by atoms with Crippen LogP contribution in [0, 0.1) is 24.0 Å². The molecule has 28 heavy (non-hydrogen) atoms. The van der Waals surface area contributed by atoms with Crippen LogP contribution in [0.25, 0.3) is 5.69 Å². The molecule has 0 saturated carbocycles. The highest BCUT2D eigenvalue weighted by Gasteiger charge is 2.12. The number of nitrogens with one attached hydrogen (secondary N) is 1. The van der Waals surface area contributed by atoms with Crippen molar-refractivity contribution in [1.29, 1.82) is 0 Å². The molecule has 3 aromatic rings. The maximum Gasteiger partial charge on any atom is 0.271 e. The van der Waals surface area contributed by atoms with Gasteiger partial charge < -0.3 is 4.57 Å². The van der Waals surface area contributed by atoms with Crippen LogP contribution in [0.15, 0.2) is 64.2 Å². The van der Waals surface area contributed by atoms with E-state index in [9.17, 15) is 14.9 Å². The Balaban J connectivity index is 1.78. The number of rotatable bonds is 5. The zero-order valence-electron chi connectivity index (χ0n) is 15.2. The summed E-state index contributed by atoms with van der Waals surface area (Å²) in [6, 6.07) is 15.4. The van der Waals surface area contributed by atoms with E-state index in [1.807, 2.05) is 44.2 Å². The van der Waals surface area contributed by atoms with E-state index in [2.05, 4.69) is 31.0 Å². The molecule has 3 rings (SSSR count). The third-order valence-electron chi connectivity index (χ3n) is 4.23. The average Bonchev–Trinajstić information content (AvgIpc) is 2.95. The molecule has 142 valence electrons. The highest BCUT2D eigenvalue weighted by atomic mass is 79.9. The molecule has 0 unspecified atom stereocenters. The molecule has 0 bridgehead atoms. The molecular weight excluding hydrogens is 424 g/mol. The summed E-state index contributed by atoms with van der Waals surface area (Å²) in [6.07, 6.45) is 1.56. The fourth-order valence-electron chi connectivity index (χ4n) is 2.92. The molecule has 1 amide bonds. The number of nitrogens with zero attached hydrogens (tertiary/aromatic N) is 3. The molecule has 0 fully saturated rings. The molecule has 7 nitrogen and oxygen atoms in total. The van der Waals surface area contributed by atoms with Gasteiger partial charge in [-0.1, -0.05) is 28.1 Å². The van der Waals surface area contributed by atoms with E-state index in [0.29, 0.717) is 0 Å². The smallest absolute Gasteiger partial charge is 0.271 e. The van der Waals surface area contributed by atoms with E-state index < -0.39 is 10.8 Å². The van der Waals surface area contributed by atoms with Gasteiger partial charge in [0.15, 0.2) is 0 Å². The Morgan fingerprint density at radius 2 is 1.93 bits per heavy atom. The van der Waals surface area contributed by atoms with Crippen molar-refractivity contribution in [3.63, 3.8) is 0 Å². The van der Waals surface area contributed by atoms with E-state index >= 15 is 0 Å². The zero-order chi connectivity index (χ0) is 20.3. The number of carbonyl (C=O) groups is 1. The molecule has 0 aliphatic rings. The van der Waals surface area contributed by atoms with E-state index in [4.69, 9.17) is 0 Å². The summed E-state index contributed by atoms with van der Waals surface area (Å²) < 4.78 is 3.08. The Bertz CT molecular complexity index is 1090. The molecule has 1 N–H and O–H groups in total. The first-order chi connectivity index (χ1) is 13.4. The van der Waals surface area contributed by atoms with E-state index in [1.54, 1.807) is 6.21 Å². The van der Waals surface area contributed by atoms with Crippen LogP contribution in [0.5, 0.6) is 0 Å². The summed E-state index contributed by atoms with van der Waals surface area (Å²) in [5.41, 5.74) is 6.32. The van der Waals surface area contributed by atoms with Crippen molar-refractivity contribution in [3.05, 3.63) is 91.7 Å². The number of benzene rings is 2. The SMILES string of the molecule is Cc1cc(/C=N\NC(=O)c2cccc([N+](=O)[O-])c2)c(C)n1-c1cccc(Br)c1. The lowest BCUT2D eigenvalue weighted by molar-refractivity contribution is -0.384. The third-order valence-corrected chi connectivity index (χ3v) is 4.72. The summed E-state index contributed by atoms with van der Waals surface area (Å²) >= 11 is 3.48. The number of aromatic nitrogens is 1. The van der Waals surface area contributed by atoms with Crippen molar-refractivity contribution >= 4 is 33.7 Å². The fraction of sp³-hybridized carbons (Fsp3) is 0.100. The van der Waals surface area contributed by atoms with Gasteiger partial charge in [-0.15, -0.1) is 0 Å².